The first-order valence-corrected chi connectivity index (χ1v) is 12.4. The van der Waals surface area contributed by atoms with Gasteiger partial charge < -0.3 is 49.3 Å². The minimum absolute atomic E-state index is 0. The van der Waals surface area contributed by atoms with Crippen LogP contribution in [0, 0.1) is 0 Å². The van der Waals surface area contributed by atoms with Gasteiger partial charge >= 0.3 is 126 Å². The van der Waals surface area contributed by atoms with Gasteiger partial charge in [0.25, 0.3) is 7.82 Å². The number of aromatic nitrogens is 4. The fourth-order valence-electron chi connectivity index (χ4n) is 2.56. The van der Waals surface area contributed by atoms with E-state index in [1.165, 1.54) is 4.57 Å². The molecule has 1 aliphatic rings. The van der Waals surface area contributed by atoms with Crippen LogP contribution in [0.15, 0.2) is 12.7 Å². The number of rotatable bonds is 9. The summed E-state index contributed by atoms with van der Waals surface area (Å²) in [4.78, 5) is 54.8. The number of phosphoric acid groups is 3. The van der Waals surface area contributed by atoms with E-state index in [-0.39, 0.29) is 135 Å². The Morgan fingerprint density at radius 2 is 1.58 bits per heavy atom. The van der Waals surface area contributed by atoms with Crippen molar-refractivity contribution in [1.29, 1.82) is 0 Å². The van der Waals surface area contributed by atoms with Gasteiger partial charge in [-0.3, -0.25) is 13.7 Å². The van der Waals surface area contributed by atoms with Crippen molar-refractivity contribution in [3.63, 3.8) is 0 Å². The Balaban J connectivity index is 0. The van der Waals surface area contributed by atoms with E-state index in [4.69, 9.17) is 10.5 Å². The van der Waals surface area contributed by atoms with Gasteiger partial charge in [0.15, 0.2) is 17.7 Å². The van der Waals surface area contributed by atoms with Crippen molar-refractivity contribution < 1.29 is 185 Å². The van der Waals surface area contributed by atoms with E-state index in [2.05, 4.69) is 33.1 Å². The number of nitrogens with zero attached hydrogens (tertiary/aromatic N) is 4. The van der Waals surface area contributed by atoms with Crippen molar-refractivity contribution in [2.24, 2.45) is 0 Å². The molecule has 2 unspecified atom stereocenters. The van der Waals surface area contributed by atoms with Crippen molar-refractivity contribution in [1.82, 2.24) is 19.5 Å². The number of nitrogens with two attached hydrogens (primary N) is 1. The average molecular weight is 611 g/mol. The van der Waals surface area contributed by atoms with Gasteiger partial charge in [0.05, 0.1) is 12.9 Å². The molecule has 3 heterocycles. The molecule has 3 rings (SSSR count). The number of imidazole rings is 1. The molecule has 0 aromatic carbocycles. The van der Waals surface area contributed by atoms with Crippen molar-refractivity contribution in [3.8, 4) is 0 Å². The number of aliphatic hydroxyl groups excluding tert-OH is 2. The van der Waals surface area contributed by atoms with Crippen LogP contribution in [0.4, 0.5) is 5.82 Å². The first-order valence-electron chi connectivity index (χ1n) is 8.02. The number of phosphoric ester groups is 1. The second-order valence-corrected chi connectivity index (χ2v) is 9.89. The van der Waals surface area contributed by atoms with Crippen molar-refractivity contribution in [2.45, 2.75) is 24.5 Å². The van der Waals surface area contributed by atoms with E-state index in [1.807, 2.05) is 0 Å². The summed E-state index contributed by atoms with van der Waals surface area (Å²) in [6.07, 6.45) is -3.99. The standard InChI is InChI=1S/C10H16N5O14P3.4Na/c11-8-5-9(13-2-12-8)15(3-14-5)10-7(17)6(16)4(26-10)1-25-31(21,22)29-32(23,24)28-27-30(18,19)20;;;;/h2-4,6-7,10,16-17H,1H2,(H,21,22)(H,23,24)(H2,11,12,13)(H2,18,19,20);;;;/q;4*+1/p-4/t4-,6-,7-,10-;;;;/m1..../s1. The summed E-state index contributed by atoms with van der Waals surface area (Å²) < 4.78 is 53.4. The molecule has 0 bridgehead atoms. The summed E-state index contributed by atoms with van der Waals surface area (Å²) in [6, 6.07) is 0. The second kappa shape index (κ2) is 16.3. The monoisotopic (exact) mass is 611 g/mol. The zero-order chi connectivity index (χ0) is 23.9. The number of hydrogen-bond donors (Lipinski definition) is 3. The normalized spacial score (nSPS) is 24.8. The largest absolute Gasteiger partial charge is 1.00 e. The molecule has 2 aromatic rings. The van der Waals surface area contributed by atoms with Crippen LogP contribution < -0.4 is 144 Å². The van der Waals surface area contributed by atoms with Crippen molar-refractivity contribution in [3.05, 3.63) is 12.7 Å². The average Bonchev–Trinajstić information content (AvgIpc) is 3.20. The molecule has 4 N–H and O–H groups in total. The molecule has 26 heteroatoms. The van der Waals surface area contributed by atoms with Gasteiger partial charge in [-0.05, 0) is 0 Å². The molecule has 1 saturated heterocycles. The molecule has 0 saturated carbocycles. The van der Waals surface area contributed by atoms with Crippen LogP contribution in [-0.2, 0) is 36.6 Å². The van der Waals surface area contributed by atoms with E-state index in [9.17, 15) is 43.5 Å². The molecule has 6 atom stereocenters. The summed E-state index contributed by atoms with van der Waals surface area (Å²) in [5.74, 6) is 0.0182. The Kier molecular flexibility index (Phi) is 18.4. The Morgan fingerprint density at radius 3 is 2.17 bits per heavy atom. The number of anilines is 1. The molecular formula is C10H12N5Na4O14P3. The SMILES string of the molecule is Nc1ncnc2c1ncn2[C@@H]1O[C@H](COP(=O)([O-])OP(=O)([O-])OOP(=O)([O-])[O-])[C@@H](O)[C@H]1O.[Na+].[Na+].[Na+].[Na+]. The molecule has 0 amide bonds. The third-order valence-electron chi connectivity index (χ3n) is 3.81. The minimum Gasteiger partial charge on any atom is -0.788 e. The fourth-order valence-corrected chi connectivity index (χ4v) is 4.82. The summed E-state index contributed by atoms with van der Waals surface area (Å²) in [7, 11) is -17.7. The van der Waals surface area contributed by atoms with E-state index in [0.29, 0.717) is 0 Å². The zero-order valence-electron chi connectivity index (χ0n) is 19.2. The van der Waals surface area contributed by atoms with Crippen molar-refractivity contribution >= 4 is 40.4 Å². The van der Waals surface area contributed by atoms with E-state index in [1.54, 1.807) is 0 Å². The summed E-state index contributed by atoms with van der Waals surface area (Å²) in [5.41, 5.74) is 5.93. The van der Waals surface area contributed by atoms with Crippen LogP contribution in [0.5, 0.6) is 0 Å². The summed E-state index contributed by atoms with van der Waals surface area (Å²) in [5, 5.41) is 20.4. The van der Waals surface area contributed by atoms with E-state index in [0.717, 1.165) is 12.7 Å². The zero-order valence-corrected chi connectivity index (χ0v) is 29.9. The van der Waals surface area contributed by atoms with Crippen LogP contribution in [-0.4, -0.2) is 54.7 Å². The molecule has 19 nitrogen and oxygen atoms in total. The molecule has 1 aliphatic heterocycles. The maximum atomic E-state index is 11.6. The second-order valence-electron chi connectivity index (χ2n) is 6.00. The predicted molar refractivity (Wildman–Crippen MR) is 87.7 cm³/mol. The van der Waals surface area contributed by atoms with Crippen molar-refractivity contribution in [2.75, 3.05) is 12.3 Å². The van der Waals surface area contributed by atoms with Gasteiger partial charge in [-0.2, -0.15) is 9.35 Å². The van der Waals surface area contributed by atoms with Crippen LogP contribution in [0.3, 0.4) is 0 Å². The number of ether oxygens (including phenoxy) is 1. The first kappa shape index (κ1) is 40.7. The molecule has 0 aliphatic carbocycles. The third-order valence-corrected chi connectivity index (χ3v) is 6.51. The van der Waals surface area contributed by atoms with Crippen LogP contribution in [0.1, 0.15) is 6.23 Å². The molecule has 0 radical (unpaired) electrons. The number of aliphatic hydroxyl groups is 2. The molecular weight excluding hydrogens is 599 g/mol. The van der Waals surface area contributed by atoms with Gasteiger partial charge in [-0.15, -0.1) is 0 Å². The summed E-state index contributed by atoms with van der Waals surface area (Å²) >= 11 is 0. The molecule has 180 valence electrons. The summed E-state index contributed by atoms with van der Waals surface area (Å²) in [6.45, 7) is -1.07. The van der Waals surface area contributed by atoms with Gasteiger partial charge in [-0.25, -0.2) is 19.3 Å². The first-order chi connectivity index (χ1) is 14.7. The number of hydrogen-bond acceptors (Lipinski definition) is 18. The smallest absolute Gasteiger partial charge is 0.788 e. The fraction of sp³-hybridized carbons (Fsp3) is 0.500. The molecule has 2 aromatic heterocycles. The van der Waals surface area contributed by atoms with Gasteiger partial charge in [0.2, 0.25) is 0 Å². The molecule has 0 spiro atoms. The minimum atomic E-state index is -6.02. The Labute approximate surface area is 290 Å². The maximum Gasteiger partial charge on any atom is 1.00 e. The van der Waals surface area contributed by atoms with E-state index >= 15 is 0 Å². The third kappa shape index (κ3) is 11.1. The quantitative estimate of drug-likeness (QED) is 0.103. The number of fused-ring (bicyclic) bond motifs is 1. The van der Waals surface area contributed by atoms with Crippen LogP contribution in [0.25, 0.3) is 11.2 Å². The van der Waals surface area contributed by atoms with Crippen LogP contribution in [0.2, 0.25) is 0 Å². The Hall–Kier alpha value is 2.60. The van der Waals surface area contributed by atoms with Crippen LogP contribution >= 0.6 is 23.5 Å². The Bertz CT molecular complexity index is 1140. The Morgan fingerprint density at radius 1 is 0.972 bits per heavy atom. The van der Waals surface area contributed by atoms with Gasteiger partial charge in [0, 0.05) is 0 Å². The predicted octanol–water partition coefficient (Wildman–Crippen LogP) is -16.2. The van der Waals surface area contributed by atoms with E-state index < -0.39 is 54.6 Å². The topological polar surface area (TPSA) is 300 Å². The number of nitrogen functional groups attached to an aromatic ring is 1. The molecule has 36 heavy (non-hydrogen) atoms. The molecule has 1 fully saturated rings. The van der Waals surface area contributed by atoms with Gasteiger partial charge in [-0.1, -0.05) is 0 Å². The maximum absolute atomic E-state index is 11.6. The van der Waals surface area contributed by atoms with Gasteiger partial charge in [0.1, 0.15) is 38.0 Å².